The number of carbonyl (C=O) groups excluding carboxylic acids is 1. The first-order valence-corrected chi connectivity index (χ1v) is 7.24. The van der Waals surface area contributed by atoms with Gasteiger partial charge in [-0.3, -0.25) is 4.79 Å². The Labute approximate surface area is 111 Å². The lowest BCUT2D eigenvalue weighted by molar-refractivity contribution is -0.126. The van der Waals surface area contributed by atoms with Gasteiger partial charge in [0.05, 0.1) is 5.69 Å². The highest BCUT2D eigenvalue weighted by Crippen LogP contribution is 2.25. The van der Waals surface area contributed by atoms with Crippen molar-refractivity contribution >= 4 is 21.8 Å². The molecule has 1 saturated heterocycles. The molecule has 0 spiro atoms. The van der Waals surface area contributed by atoms with Gasteiger partial charge in [0.15, 0.2) is 0 Å². The quantitative estimate of drug-likeness (QED) is 0.859. The molecule has 2 rings (SSSR count). The Bertz CT molecular complexity index is 587. The number of carbonyl (C=O) groups is 1. The van der Waals surface area contributed by atoms with Gasteiger partial charge in [0.2, 0.25) is 0 Å². The van der Waals surface area contributed by atoms with Crippen molar-refractivity contribution < 1.29 is 21.8 Å². The molecule has 0 aromatic heterocycles. The van der Waals surface area contributed by atoms with Crippen molar-refractivity contribution in [1.29, 1.82) is 0 Å². The predicted octanol–water partition coefficient (Wildman–Crippen LogP) is 1.71. The van der Waals surface area contributed by atoms with Crippen LogP contribution >= 0.6 is 0 Å². The minimum atomic E-state index is -4.87. The number of hydrogen-bond donors (Lipinski definition) is 1. The molecule has 5 nitrogen and oxygen atoms in total. The summed E-state index contributed by atoms with van der Waals surface area (Å²) in [6.07, 6.45) is 0.136. The SMILES string of the molecule is CC1CCOC1C(=O)Nc1ccccc1S(=O)(=O)F. The number of benzene rings is 1. The van der Waals surface area contributed by atoms with Gasteiger partial charge in [0.25, 0.3) is 5.91 Å². The third-order valence-electron chi connectivity index (χ3n) is 3.05. The second kappa shape index (κ2) is 5.26. The van der Waals surface area contributed by atoms with Gasteiger partial charge >= 0.3 is 10.2 Å². The van der Waals surface area contributed by atoms with Crippen LogP contribution in [0.5, 0.6) is 0 Å². The fourth-order valence-corrected chi connectivity index (χ4v) is 2.64. The van der Waals surface area contributed by atoms with E-state index >= 15 is 0 Å². The van der Waals surface area contributed by atoms with Crippen LogP contribution in [0.25, 0.3) is 0 Å². The van der Waals surface area contributed by atoms with E-state index in [4.69, 9.17) is 4.74 Å². The third-order valence-corrected chi connectivity index (χ3v) is 3.93. The van der Waals surface area contributed by atoms with Crippen LogP contribution in [-0.4, -0.2) is 27.0 Å². The summed E-state index contributed by atoms with van der Waals surface area (Å²) >= 11 is 0. The maximum atomic E-state index is 13.1. The number of nitrogens with one attached hydrogen (secondary N) is 1. The Morgan fingerprint density at radius 2 is 2.11 bits per heavy atom. The maximum Gasteiger partial charge on any atom is 0.334 e. The second-order valence-corrected chi connectivity index (χ2v) is 5.80. The molecule has 1 fully saturated rings. The average Bonchev–Trinajstić information content (AvgIpc) is 2.75. The second-order valence-electron chi connectivity index (χ2n) is 4.48. The van der Waals surface area contributed by atoms with Crippen LogP contribution in [0.15, 0.2) is 29.2 Å². The fourth-order valence-electron chi connectivity index (χ4n) is 2.02. The molecular weight excluding hydrogens is 273 g/mol. The standard InChI is InChI=1S/C12H14FNO4S/c1-8-6-7-18-11(8)12(15)14-9-4-2-3-5-10(9)19(13,16)17/h2-5,8,11H,6-7H2,1H3,(H,14,15). The lowest BCUT2D eigenvalue weighted by Crippen LogP contribution is -2.31. The molecular formula is C12H14FNO4S. The molecule has 7 heteroatoms. The normalized spacial score (nSPS) is 23.3. The topological polar surface area (TPSA) is 72.5 Å². The lowest BCUT2D eigenvalue weighted by Gasteiger charge is -2.15. The Balaban J connectivity index is 2.22. The van der Waals surface area contributed by atoms with Crippen molar-refractivity contribution in [3.05, 3.63) is 24.3 Å². The monoisotopic (exact) mass is 287 g/mol. The largest absolute Gasteiger partial charge is 0.368 e. The van der Waals surface area contributed by atoms with E-state index in [1.54, 1.807) is 0 Å². The molecule has 0 aliphatic carbocycles. The third kappa shape index (κ3) is 3.10. The Morgan fingerprint density at radius 3 is 2.68 bits per heavy atom. The molecule has 104 valence electrons. The van der Waals surface area contributed by atoms with Crippen LogP contribution in [0.4, 0.5) is 9.57 Å². The highest BCUT2D eigenvalue weighted by Gasteiger charge is 2.31. The summed E-state index contributed by atoms with van der Waals surface area (Å²) in [4.78, 5) is 11.4. The van der Waals surface area contributed by atoms with E-state index < -0.39 is 27.1 Å². The van der Waals surface area contributed by atoms with Crippen molar-refractivity contribution in [2.75, 3.05) is 11.9 Å². The molecule has 2 atom stereocenters. The zero-order valence-corrected chi connectivity index (χ0v) is 11.1. The number of rotatable bonds is 3. The van der Waals surface area contributed by atoms with Gasteiger partial charge in [0.1, 0.15) is 11.0 Å². The smallest absolute Gasteiger partial charge is 0.334 e. The molecule has 2 unspecified atom stereocenters. The summed E-state index contributed by atoms with van der Waals surface area (Å²) in [5.74, 6) is -0.407. The highest BCUT2D eigenvalue weighted by molar-refractivity contribution is 7.86. The van der Waals surface area contributed by atoms with Gasteiger partial charge in [-0.05, 0) is 24.5 Å². The van der Waals surface area contributed by atoms with E-state index in [9.17, 15) is 17.1 Å². The summed E-state index contributed by atoms with van der Waals surface area (Å²) in [5.41, 5.74) is -0.0716. The number of hydrogen-bond acceptors (Lipinski definition) is 4. The van der Waals surface area contributed by atoms with Crippen LogP contribution < -0.4 is 5.32 Å². The first-order valence-electron chi connectivity index (χ1n) is 5.86. The number of halogens is 1. The van der Waals surface area contributed by atoms with Gasteiger partial charge in [-0.1, -0.05) is 19.1 Å². The molecule has 1 aromatic rings. The van der Waals surface area contributed by atoms with Gasteiger partial charge in [-0.15, -0.1) is 3.89 Å². The molecule has 1 amide bonds. The summed E-state index contributed by atoms with van der Waals surface area (Å²) in [7, 11) is -4.87. The Kier molecular flexibility index (Phi) is 3.86. The van der Waals surface area contributed by atoms with Crippen molar-refractivity contribution in [2.45, 2.75) is 24.3 Å². The number of para-hydroxylation sites is 1. The first kappa shape index (κ1) is 14.0. The van der Waals surface area contributed by atoms with E-state index in [1.165, 1.54) is 18.2 Å². The molecule has 0 radical (unpaired) electrons. The Hall–Kier alpha value is -1.47. The highest BCUT2D eigenvalue weighted by atomic mass is 32.3. The number of ether oxygens (including phenoxy) is 1. The van der Waals surface area contributed by atoms with Crippen molar-refractivity contribution in [3.63, 3.8) is 0 Å². The fraction of sp³-hybridized carbons (Fsp3) is 0.417. The van der Waals surface area contributed by atoms with E-state index in [1.807, 2.05) is 6.92 Å². The minimum Gasteiger partial charge on any atom is -0.368 e. The summed E-state index contributed by atoms with van der Waals surface area (Å²) in [5, 5.41) is 2.41. The Morgan fingerprint density at radius 1 is 1.42 bits per heavy atom. The van der Waals surface area contributed by atoms with Crippen molar-refractivity contribution in [2.24, 2.45) is 5.92 Å². The van der Waals surface area contributed by atoms with Crippen molar-refractivity contribution in [3.8, 4) is 0 Å². The molecule has 1 aromatic carbocycles. The number of anilines is 1. The minimum absolute atomic E-state index is 0.0501. The zero-order chi connectivity index (χ0) is 14.0. The van der Waals surface area contributed by atoms with E-state index in [2.05, 4.69) is 5.32 Å². The molecule has 1 heterocycles. The van der Waals surface area contributed by atoms with Crippen LogP contribution in [0.3, 0.4) is 0 Å². The molecule has 1 aliphatic heterocycles. The van der Waals surface area contributed by atoms with Crippen LogP contribution in [-0.2, 0) is 19.8 Å². The zero-order valence-electron chi connectivity index (χ0n) is 10.3. The molecule has 19 heavy (non-hydrogen) atoms. The lowest BCUT2D eigenvalue weighted by atomic mass is 10.0. The van der Waals surface area contributed by atoms with Gasteiger partial charge < -0.3 is 10.1 Å². The van der Waals surface area contributed by atoms with Crippen LogP contribution in [0.1, 0.15) is 13.3 Å². The maximum absolute atomic E-state index is 13.1. The summed E-state index contributed by atoms with van der Waals surface area (Å²) < 4.78 is 40.3. The van der Waals surface area contributed by atoms with Crippen LogP contribution in [0.2, 0.25) is 0 Å². The predicted molar refractivity (Wildman–Crippen MR) is 66.9 cm³/mol. The van der Waals surface area contributed by atoms with Gasteiger partial charge in [-0.2, -0.15) is 8.42 Å². The van der Waals surface area contributed by atoms with Crippen molar-refractivity contribution in [1.82, 2.24) is 0 Å². The summed E-state index contributed by atoms with van der Waals surface area (Å²) in [6.45, 7) is 2.36. The molecule has 0 bridgehead atoms. The van der Waals surface area contributed by atoms with E-state index in [0.717, 1.165) is 12.5 Å². The number of amides is 1. The van der Waals surface area contributed by atoms with Gasteiger partial charge in [-0.25, -0.2) is 0 Å². The van der Waals surface area contributed by atoms with Crippen LogP contribution in [0, 0.1) is 5.92 Å². The molecule has 1 N–H and O–H groups in total. The summed E-state index contributed by atoms with van der Waals surface area (Å²) in [6, 6.07) is 5.34. The first-order chi connectivity index (χ1) is 8.89. The molecule has 1 aliphatic rings. The van der Waals surface area contributed by atoms with E-state index in [-0.39, 0.29) is 11.6 Å². The molecule has 0 saturated carbocycles. The average molecular weight is 287 g/mol. The van der Waals surface area contributed by atoms with Gasteiger partial charge in [0, 0.05) is 6.61 Å². The van der Waals surface area contributed by atoms with E-state index in [0.29, 0.717) is 6.61 Å².